The number of hydrogen-bond donors (Lipinski definition) is 1. The molecule has 0 aliphatic carbocycles. The minimum absolute atomic E-state index is 0.524. The molecule has 2 N–H and O–H groups in total. The molecule has 1 heterocycles. The lowest BCUT2D eigenvalue weighted by atomic mass is 10.3. The Morgan fingerprint density at radius 2 is 2.20 bits per heavy atom. The molecule has 0 aliphatic rings. The summed E-state index contributed by atoms with van der Waals surface area (Å²) in [7, 11) is 1.68. The predicted molar refractivity (Wildman–Crippen MR) is 59.5 cm³/mol. The van der Waals surface area contributed by atoms with E-state index in [1.54, 1.807) is 7.11 Å². The predicted octanol–water partition coefficient (Wildman–Crippen LogP) is 1.14. The SMILES string of the molecule is COCn1c(CCN)nc2ccccc21. The fraction of sp³-hybridized carbons (Fsp3) is 0.364. The number of fused-ring (bicyclic) bond motifs is 1. The third kappa shape index (κ3) is 1.86. The molecular formula is C11H15N3O. The molecular weight excluding hydrogens is 190 g/mol. The molecule has 1 aromatic heterocycles. The number of hydrogen-bond acceptors (Lipinski definition) is 3. The first-order chi connectivity index (χ1) is 7.36. The first-order valence-corrected chi connectivity index (χ1v) is 5.00. The molecule has 80 valence electrons. The molecule has 0 saturated carbocycles. The number of benzene rings is 1. The number of methoxy groups -OCH3 is 1. The second-order valence-electron chi connectivity index (χ2n) is 3.40. The standard InChI is InChI=1S/C11H15N3O/c1-15-8-14-10-5-3-2-4-9(10)13-11(14)6-7-12/h2-5H,6-8,12H2,1H3. The summed E-state index contributed by atoms with van der Waals surface area (Å²) in [4.78, 5) is 4.52. The molecule has 1 aromatic carbocycles. The molecule has 4 heteroatoms. The van der Waals surface area contributed by atoms with E-state index in [-0.39, 0.29) is 0 Å². The molecule has 0 atom stereocenters. The Kier molecular flexibility index (Phi) is 2.99. The molecule has 0 amide bonds. The highest BCUT2D eigenvalue weighted by Gasteiger charge is 2.08. The van der Waals surface area contributed by atoms with Gasteiger partial charge in [-0.1, -0.05) is 12.1 Å². The van der Waals surface area contributed by atoms with Gasteiger partial charge in [0.15, 0.2) is 0 Å². The number of para-hydroxylation sites is 2. The van der Waals surface area contributed by atoms with Gasteiger partial charge in [0.1, 0.15) is 12.6 Å². The van der Waals surface area contributed by atoms with Crippen molar-refractivity contribution in [2.75, 3.05) is 13.7 Å². The van der Waals surface area contributed by atoms with Crippen molar-refractivity contribution in [3.8, 4) is 0 Å². The first kappa shape index (κ1) is 10.1. The first-order valence-electron chi connectivity index (χ1n) is 5.00. The van der Waals surface area contributed by atoms with E-state index in [4.69, 9.17) is 10.5 Å². The van der Waals surface area contributed by atoms with Gasteiger partial charge in [0.25, 0.3) is 0 Å². The van der Waals surface area contributed by atoms with Crippen LogP contribution in [-0.2, 0) is 17.9 Å². The van der Waals surface area contributed by atoms with Gasteiger partial charge in [0.05, 0.1) is 11.0 Å². The summed E-state index contributed by atoms with van der Waals surface area (Å²) in [6.07, 6.45) is 0.776. The maximum atomic E-state index is 5.55. The van der Waals surface area contributed by atoms with Crippen LogP contribution in [-0.4, -0.2) is 23.2 Å². The molecule has 0 spiro atoms. The van der Waals surface area contributed by atoms with Crippen LogP contribution >= 0.6 is 0 Å². The molecule has 0 bridgehead atoms. The second kappa shape index (κ2) is 4.42. The van der Waals surface area contributed by atoms with E-state index in [9.17, 15) is 0 Å². The summed E-state index contributed by atoms with van der Waals surface area (Å²) in [6, 6.07) is 8.03. The fourth-order valence-corrected chi connectivity index (χ4v) is 1.72. The van der Waals surface area contributed by atoms with Gasteiger partial charge in [-0.15, -0.1) is 0 Å². The van der Waals surface area contributed by atoms with Crippen molar-refractivity contribution < 1.29 is 4.74 Å². The van der Waals surface area contributed by atoms with Crippen molar-refractivity contribution in [2.24, 2.45) is 5.73 Å². The zero-order valence-corrected chi connectivity index (χ0v) is 8.81. The Balaban J connectivity index is 2.53. The highest BCUT2D eigenvalue weighted by atomic mass is 16.5. The zero-order valence-electron chi connectivity index (χ0n) is 8.81. The lowest BCUT2D eigenvalue weighted by Gasteiger charge is -2.06. The van der Waals surface area contributed by atoms with Crippen LogP contribution in [0.2, 0.25) is 0 Å². The molecule has 0 unspecified atom stereocenters. The van der Waals surface area contributed by atoms with Crippen molar-refractivity contribution in [1.29, 1.82) is 0 Å². The van der Waals surface area contributed by atoms with E-state index in [0.29, 0.717) is 13.3 Å². The number of imidazole rings is 1. The van der Waals surface area contributed by atoms with E-state index in [1.807, 2.05) is 24.3 Å². The minimum Gasteiger partial charge on any atom is -0.364 e. The normalized spacial score (nSPS) is 11.1. The highest BCUT2D eigenvalue weighted by Crippen LogP contribution is 2.15. The second-order valence-corrected chi connectivity index (χ2v) is 3.40. The van der Waals surface area contributed by atoms with Crippen molar-refractivity contribution in [2.45, 2.75) is 13.2 Å². The fourth-order valence-electron chi connectivity index (χ4n) is 1.72. The van der Waals surface area contributed by atoms with Gasteiger partial charge < -0.3 is 15.0 Å². The van der Waals surface area contributed by atoms with Crippen LogP contribution in [0.1, 0.15) is 5.82 Å². The molecule has 0 aliphatic heterocycles. The van der Waals surface area contributed by atoms with Gasteiger partial charge >= 0.3 is 0 Å². The zero-order chi connectivity index (χ0) is 10.7. The van der Waals surface area contributed by atoms with E-state index in [1.165, 1.54) is 0 Å². The van der Waals surface area contributed by atoms with Gasteiger partial charge in [-0.25, -0.2) is 4.98 Å². The molecule has 0 fully saturated rings. The van der Waals surface area contributed by atoms with Crippen molar-refractivity contribution in [3.05, 3.63) is 30.1 Å². The summed E-state index contributed by atoms with van der Waals surface area (Å²) in [5, 5.41) is 0. The van der Waals surface area contributed by atoms with Gasteiger partial charge in [0.2, 0.25) is 0 Å². The van der Waals surface area contributed by atoms with Crippen LogP contribution in [0, 0.1) is 0 Å². The Hall–Kier alpha value is -1.39. The lowest BCUT2D eigenvalue weighted by Crippen LogP contribution is -2.10. The molecule has 0 saturated heterocycles. The summed E-state index contributed by atoms with van der Waals surface area (Å²) >= 11 is 0. The number of aromatic nitrogens is 2. The van der Waals surface area contributed by atoms with E-state index in [0.717, 1.165) is 23.3 Å². The van der Waals surface area contributed by atoms with Gasteiger partial charge in [-0.05, 0) is 18.7 Å². The third-order valence-corrected chi connectivity index (χ3v) is 2.36. The summed E-state index contributed by atoms with van der Waals surface area (Å²) in [6.45, 7) is 1.13. The average molecular weight is 205 g/mol. The van der Waals surface area contributed by atoms with Crippen LogP contribution in [0.5, 0.6) is 0 Å². The Morgan fingerprint density at radius 1 is 1.40 bits per heavy atom. The minimum atomic E-state index is 0.524. The van der Waals surface area contributed by atoms with Crippen LogP contribution in [0.3, 0.4) is 0 Å². The van der Waals surface area contributed by atoms with Gasteiger partial charge in [0, 0.05) is 13.5 Å². The van der Waals surface area contributed by atoms with E-state index in [2.05, 4.69) is 9.55 Å². The molecule has 4 nitrogen and oxygen atoms in total. The number of rotatable bonds is 4. The monoisotopic (exact) mass is 205 g/mol. The molecule has 0 radical (unpaired) electrons. The van der Waals surface area contributed by atoms with Crippen LogP contribution < -0.4 is 5.73 Å². The topological polar surface area (TPSA) is 53.1 Å². The van der Waals surface area contributed by atoms with Crippen molar-refractivity contribution in [3.63, 3.8) is 0 Å². The third-order valence-electron chi connectivity index (χ3n) is 2.36. The van der Waals surface area contributed by atoms with Crippen LogP contribution in [0.15, 0.2) is 24.3 Å². The quantitative estimate of drug-likeness (QED) is 0.814. The molecule has 2 aromatic rings. The van der Waals surface area contributed by atoms with Crippen molar-refractivity contribution >= 4 is 11.0 Å². The van der Waals surface area contributed by atoms with Gasteiger partial charge in [-0.2, -0.15) is 0 Å². The average Bonchev–Trinajstić information content (AvgIpc) is 2.59. The van der Waals surface area contributed by atoms with E-state index < -0.39 is 0 Å². The maximum Gasteiger partial charge on any atom is 0.124 e. The summed E-state index contributed by atoms with van der Waals surface area (Å²) < 4.78 is 7.22. The Labute approximate surface area is 88.7 Å². The van der Waals surface area contributed by atoms with Crippen LogP contribution in [0.25, 0.3) is 11.0 Å². The number of nitrogens with two attached hydrogens (primary N) is 1. The Bertz CT molecular complexity index is 450. The molecule has 2 rings (SSSR count). The smallest absolute Gasteiger partial charge is 0.124 e. The lowest BCUT2D eigenvalue weighted by molar-refractivity contribution is 0.132. The number of ether oxygens (including phenoxy) is 1. The van der Waals surface area contributed by atoms with E-state index >= 15 is 0 Å². The van der Waals surface area contributed by atoms with Crippen LogP contribution in [0.4, 0.5) is 0 Å². The Morgan fingerprint density at radius 3 is 2.93 bits per heavy atom. The highest BCUT2D eigenvalue weighted by molar-refractivity contribution is 5.75. The maximum absolute atomic E-state index is 5.55. The summed E-state index contributed by atoms with van der Waals surface area (Å²) in [5.74, 6) is 0.987. The van der Waals surface area contributed by atoms with Gasteiger partial charge in [-0.3, -0.25) is 0 Å². The number of nitrogens with zero attached hydrogens (tertiary/aromatic N) is 2. The molecule has 15 heavy (non-hydrogen) atoms. The largest absolute Gasteiger partial charge is 0.364 e. The summed E-state index contributed by atoms with van der Waals surface area (Å²) in [5.41, 5.74) is 7.65. The van der Waals surface area contributed by atoms with Crippen molar-refractivity contribution in [1.82, 2.24) is 9.55 Å².